The maximum absolute atomic E-state index is 12.9. The van der Waals surface area contributed by atoms with Crippen molar-refractivity contribution in [3.05, 3.63) is 59.5 Å². The molecule has 27 heavy (non-hydrogen) atoms. The number of hydrogen-bond donors (Lipinski definition) is 0. The molecule has 5 nitrogen and oxygen atoms in total. The van der Waals surface area contributed by atoms with Gasteiger partial charge in [0.25, 0.3) is 5.91 Å². The summed E-state index contributed by atoms with van der Waals surface area (Å²) in [6.45, 7) is 4.39. The van der Waals surface area contributed by atoms with E-state index >= 15 is 0 Å². The van der Waals surface area contributed by atoms with Crippen molar-refractivity contribution in [1.82, 2.24) is 9.80 Å². The Labute approximate surface area is 159 Å². The third kappa shape index (κ3) is 4.07. The highest BCUT2D eigenvalue weighted by atomic mass is 16.3. The lowest BCUT2D eigenvalue weighted by Gasteiger charge is -2.35. The van der Waals surface area contributed by atoms with Gasteiger partial charge in [-0.15, -0.1) is 0 Å². The third-order valence-corrected chi connectivity index (χ3v) is 5.74. The molecular formula is C22H26N2O3. The lowest BCUT2D eigenvalue weighted by Crippen LogP contribution is -2.50. The Kier molecular flexibility index (Phi) is 5.01. The Hall–Kier alpha value is -2.56. The zero-order valence-electron chi connectivity index (χ0n) is 15.8. The first-order valence-corrected chi connectivity index (χ1v) is 9.79. The van der Waals surface area contributed by atoms with Gasteiger partial charge in [0.05, 0.1) is 6.26 Å². The summed E-state index contributed by atoms with van der Waals surface area (Å²) < 4.78 is 5.19. The molecule has 2 fully saturated rings. The van der Waals surface area contributed by atoms with Crippen molar-refractivity contribution in [2.75, 3.05) is 26.2 Å². The molecule has 1 saturated carbocycles. The Morgan fingerprint density at radius 3 is 2.30 bits per heavy atom. The summed E-state index contributed by atoms with van der Waals surface area (Å²) in [5.41, 5.74) is 2.53. The molecule has 0 spiro atoms. The molecule has 5 heteroatoms. The van der Waals surface area contributed by atoms with Gasteiger partial charge in [-0.3, -0.25) is 9.59 Å². The van der Waals surface area contributed by atoms with E-state index in [2.05, 4.69) is 31.2 Å². The van der Waals surface area contributed by atoms with E-state index in [4.69, 9.17) is 4.42 Å². The molecule has 1 saturated heterocycles. The molecule has 2 amide bonds. The van der Waals surface area contributed by atoms with Crippen LogP contribution in [0.3, 0.4) is 0 Å². The fourth-order valence-electron chi connectivity index (χ4n) is 3.90. The summed E-state index contributed by atoms with van der Waals surface area (Å²) in [5, 5.41) is 0. The van der Waals surface area contributed by atoms with Crippen molar-refractivity contribution in [3.8, 4) is 0 Å². The Morgan fingerprint density at radius 1 is 1.04 bits per heavy atom. The number of aryl methyl sites for hydroxylation is 1. The van der Waals surface area contributed by atoms with Gasteiger partial charge < -0.3 is 14.2 Å². The van der Waals surface area contributed by atoms with Crippen molar-refractivity contribution >= 4 is 11.8 Å². The predicted molar refractivity (Wildman–Crippen MR) is 102 cm³/mol. The van der Waals surface area contributed by atoms with Gasteiger partial charge in [0.1, 0.15) is 0 Å². The van der Waals surface area contributed by atoms with Crippen LogP contribution in [0.25, 0.3) is 0 Å². The number of carbonyl (C=O) groups is 2. The highest BCUT2D eigenvalue weighted by molar-refractivity contribution is 5.91. The molecule has 2 aliphatic rings. The molecule has 2 aromatic rings. The highest BCUT2D eigenvalue weighted by Crippen LogP contribution is 2.44. The van der Waals surface area contributed by atoms with Gasteiger partial charge in [-0.05, 0) is 49.3 Å². The molecule has 1 aromatic heterocycles. The van der Waals surface area contributed by atoms with E-state index in [-0.39, 0.29) is 11.8 Å². The molecule has 1 atom stereocenters. The van der Waals surface area contributed by atoms with Gasteiger partial charge in [-0.1, -0.05) is 29.8 Å². The average Bonchev–Trinajstić information content (AvgIpc) is 3.39. The monoisotopic (exact) mass is 366 g/mol. The van der Waals surface area contributed by atoms with Gasteiger partial charge in [0.2, 0.25) is 5.91 Å². The summed E-state index contributed by atoms with van der Waals surface area (Å²) >= 11 is 0. The molecule has 2 heterocycles. The number of benzene rings is 1. The van der Waals surface area contributed by atoms with Crippen LogP contribution in [0.2, 0.25) is 0 Å². The number of piperazine rings is 1. The van der Waals surface area contributed by atoms with Crippen LogP contribution < -0.4 is 0 Å². The minimum absolute atomic E-state index is 0.0948. The van der Waals surface area contributed by atoms with Gasteiger partial charge in [0, 0.05) is 32.6 Å². The average molecular weight is 366 g/mol. The molecule has 0 N–H and O–H groups in total. The summed E-state index contributed by atoms with van der Waals surface area (Å²) in [6.07, 6.45) is 4.52. The topological polar surface area (TPSA) is 53.8 Å². The normalized spacial score (nSPS) is 18.4. The van der Waals surface area contributed by atoms with Crippen LogP contribution in [-0.2, 0) is 4.79 Å². The van der Waals surface area contributed by atoms with Crippen LogP contribution >= 0.6 is 0 Å². The largest absolute Gasteiger partial charge is 0.459 e. The lowest BCUT2D eigenvalue weighted by atomic mass is 9.90. The van der Waals surface area contributed by atoms with Crippen LogP contribution in [0.4, 0.5) is 0 Å². The molecule has 1 aliphatic carbocycles. The SMILES string of the molecule is Cc1ccc(C(CC(=O)N2CCN(C(=O)c3ccco3)CC2)C2CC2)cc1. The van der Waals surface area contributed by atoms with E-state index in [0.29, 0.717) is 50.2 Å². The number of amides is 2. The molecular weight excluding hydrogens is 340 g/mol. The Morgan fingerprint density at radius 2 is 1.70 bits per heavy atom. The Balaban J connectivity index is 1.34. The number of hydrogen-bond acceptors (Lipinski definition) is 3. The van der Waals surface area contributed by atoms with E-state index in [1.165, 1.54) is 30.2 Å². The van der Waals surface area contributed by atoms with Crippen LogP contribution in [-0.4, -0.2) is 47.8 Å². The maximum Gasteiger partial charge on any atom is 0.289 e. The number of furan rings is 1. The molecule has 1 aromatic carbocycles. The van der Waals surface area contributed by atoms with Crippen molar-refractivity contribution in [1.29, 1.82) is 0 Å². The minimum Gasteiger partial charge on any atom is -0.459 e. The lowest BCUT2D eigenvalue weighted by molar-refractivity contribution is -0.133. The first-order chi connectivity index (χ1) is 13.1. The summed E-state index contributed by atoms with van der Waals surface area (Å²) in [5.74, 6) is 1.43. The quantitative estimate of drug-likeness (QED) is 0.814. The second-order valence-electron chi connectivity index (χ2n) is 7.71. The van der Waals surface area contributed by atoms with E-state index in [1.807, 2.05) is 4.90 Å². The Bertz CT molecular complexity index is 785. The van der Waals surface area contributed by atoms with Crippen LogP contribution in [0.5, 0.6) is 0 Å². The van der Waals surface area contributed by atoms with Crippen molar-refractivity contribution in [3.63, 3.8) is 0 Å². The number of nitrogens with zero attached hydrogens (tertiary/aromatic N) is 2. The molecule has 142 valence electrons. The van der Waals surface area contributed by atoms with Crippen LogP contribution in [0.1, 0.15) is 46.9 Å². The zero-order chi connectivity index (χ0) is 18.8. The molecule has 0 radical (unpaired) electrons. The number of rotatable bonds is 5. The zero-order valence-corrected chi connectivity index (χ0v) is 15.8. The smallest absolute Gasteiger partial charge is 0.289 e. The highest BCUT2D eigenvalue weighted by Gasteiger charge is 2.35. The van der Waals surface area contributed by atoms with E-state index in [0.717, 1.165) is 0 Å². The van der Waals surface area contributed by atoms with E-state index in [9.17, 15) is 9.59 Å². The van der Waals surface area contributed by atoms with Gasteiger partial charge in [0.15, 0.2) is 5.76 Å². The maximum atomic E-state index is 12.9. The van der Waals surface area contributed by atoms with Crippen molar-refractivity contribution in [2.24, 2.45) is 5.92 Å². The first-order valence-electron chi connectivity index (χ1n) is 9.79. The van der Waals surface area contributed by atoms with Crippen molar-refractivity contribution in [2.45, 2.75) is 32.1 Å². The molecule has 1 aliphatic heterocycles. The second-order valence-corrected chi connectivity index (χ2v) is 7.71. The van der Waals surface area contributed by atoms with Gasteiger partial charge in [-0.25, -0.2) is 0 Å². The summed E-state index contributed by atoms with van der Waals surface area (Å²) in [6, 6.07) is 12.0. The first kappa shape index (κ1) is 17.8. The van der Waals surface area contributed by atoms with E-state index in [1.54, 1.807) is 17.0 Å². The fourth-order valence-corrected chi connectivity index (χ4v) is 3.90. The fraction of sp³-hybridized carbons (Fsp3) is 0.455. The molecule has 1 unspecified atom stereocenters. The molecule has 0 bridgehead atoms. The third-order valence-electron chi connectivity index (χ3n) is 5.74. The standard InChI is InChI=1S/C22H26N2O3/c1-16-4-6-17(7-5-16)19(18-8-9-18)15-21(25)23-10-12-24(13-11-23)22(26)20-3-2-14-27-20/h2-7,14,18-19H,8-13,15H2,1H3. The van der Waals surface area contributed by atoms with Crippen LogP contribution in [0, 0.1) is 12.8 Å². The number of carbonyl (C=O) groups excluding carboxylic acids is 2. The van der Waals surface area contributed by atoms with Gasteiger partial charge in [-0.2, -0.15) is 0 Å². The second kappa shape index (κ2) is 7.59. The predicted octanol–water partition coefficient (Wildman–Crippen LogP) is 3.46. The minimum atomic E-state index is -0.0948. The summed E-state index contributed by atoms with van der Waals surface area (Å²) in [7, 11) is 0. The summed E-state index contributed by atoms with van der Waals surface area (Å²) in [4.78, 5) is 28.9. The van der Waals surface area contributed by atoms with Gasteiger partial charge >= 0.3 is 0 Å². The van der Waals surface area contributed by atoms with E-state index < -0.39 is 0 Å². The molecule has 4 rings (SSSR count). The van der Waals surface area contributed by atoms with Crippen molar-refractivity contribution < 1.29 is 14.0 Å². The van der Waals surface area contributed by atoms with Crippen LogP contribution in [0.15, 0.2) is 47.1 Å².